The van der Waals surface area contributed by atoms with Crippen LogP contribution in [0.25, 0.3) is 27.8 Å². The molecule has 7 nitrogen and oxygen atoms in total. The highest BCUT2D eigenvalue weighted by Crippen LogP contribution is 2.34. The maximum absolute atomic E-state index is 12.4. The molecule has 8 heteroatoms. The minimum Gasteiger partial charge on any atom is -0.383 e. The van der Waals surface area contributed by atoms with Gasteiger partial charge in [0.05, 0.1) is 16.0 Å². The van der Waals surface area contributed by atoms with Crippen LogP contribution in [-0.2, 0) is 9.84 Å². The number of aromatic nitrogens is 3. The van der Waals surface area contributed by atoms with E-state index >= 15 is 0 Å². The van der Waals surface area contributed by atoms with Crippen LogP contribution in [-0.4, -0.2) is 35.3 Å². The van der Waals surface area contributed by atoms with Crippen molar-refractivity contribution in [2.45, 2.75) is 4.90 Å². The summed E-state index contributed by atoms with van der Waals surface area (Å²) in [5.41, 5.74) is 14.7. The van der Waals surface area contributed by atoms with Gasteiger partial charge in [0.15, 0.2) is 15.5 Å². The van der Waals surface area contributed by atoms with Gasteiger partial charge < -0.3 is 16.0 Å². The predicted octanol–water partition coefficient (Wildman–Crippen LogP) is 2.40. The van der Waals surface area contributed by atoms with Crippen LogP contribution < -0.4 is 11.5 Å². The topological polar surface area (TPSA) is 117 Å². The van der Waals surface area contributed by atoms with Gasteiger partial charge in [-0.15, -0.1) is 0 Å². The van der Waals surface area contributed by atoms with E-state index in [4.69, 9.17) is 11.5 Å². The first-order chi connectivity index (χ1) is 13.5. The third kappa shape index (κ3) is 3.12. The molecule has 0 aliphatic carbocycles. The van der Waals surface area contributed by atoms with Gasteiger partial charge in [-0.2, -0.15) is 0 Å². The molecular formula is C20H19N5O2S. The van der Waals surface area contributed by atoms with E-state index in [0.29, 0.717) is 17.2 Å². The van der Waals surface area contributed by atoms with Gasteiger partial charge in [-0.05, 0) is 23.8 Å². The van der Waals surface area contributed by atoms with Crippen LogP contribution in [0.4, 0.5) is 5.82 Å². The molecule has 142 valence electrons. The lowest BCUT2D eigenvalue weighted by Crippen LogP contribution is -2.16. The molecule has 0 spiro atoms. The van der Waals surface area contributed by atoms with Crippen molar-refractivity contribution >= 4 is 26.7 Å². The van der Waals surface area contributed by atoms with Gasteiger partial charge in [0.25, 0.3) is 0 Å². The van der Waals surface area contributed by atoms with Crippen LogP contribution >= 0.6 is 0 Å². The molecular weight excluding hydrogens is 374 g/mol. The van der Waals surface area contributed by atoms with Crippen LogP contribution in [0.15, 0.2) is 72.0 Å². The zero-order valence-corrected chi connectivity index (χ0v) is 15.8. The number of hydrogen-bond acceptors (Lipinski definition) is 6. The molecule has 0 aliphatic heterocycles. The highest BCUT2D eigenvalue weighted by atomic mass is 32.2. The minimum absolute atomic E-state index is 0.0704. The van der Waals surface area contributed by atoms with Gasteiger partial charge >= 0.3 is 0 Å². The number of rotatable bonds is 5. The molecule has 0 amide bonds. The highest BCUT2D eigenvalue weighted by Gasteiger charge is 2.18. The number of hydrogen-bond donors (Lipinski definition) is 2. The predicted molar refractivity (Wildman–Crippen MR) is 110 cm³/mol. The molecule has 0 unspecified atom stereocenters. The zero-order chi connectivity index (χ0) is 19.7. The van der Waals surface area contributed by atoms with Crippen molar-refractivity contribution in [1.82, 2.24) is 14.5 Å². The molecule has 4 N–H and O–H groups in total. The van der Waals surface area contributed by atoms with Gasteiger partial charge in [-0.3, -0.25) is 0 Å². The average Bonchev–Trinajstić information content (AvgIpc) is 3.10. The summed E-state index contributed by atoms with van der Waals surface area (Å²) in [5, 5.41) is 0.726. The second-order valence-electron chi connectivity index (χ2n) is 6.34. The van der Waals surface area contributed by atoms with E-state index in [1.807, 2.05) is 47.2 Å². The standard InChI is InChI=1S/C20H19N5O2S/c21-9-10-28(26,27)16-8-4-7-15(11-16)25-12-17(14-5-2-1-3-6-14)18-19(22)23-13-24-20(18)25/h1-8,11-13H,9-10,21H2,(H2,22,23,24). The number of benzene rings is 2. The van der Waals surface area contributed by atoms with Crippen LogP contribution in [0.5, 0.6) is 0 Å². The Balaban J connectivity index is 1.95. The molecule has 2 aromatic carbocycles. The monoisotopic (exact) mass is 393 g/mol. The molecule has 0 fully saturated rings. The van der Waals surface area contributed by atoms with Crippen molar-refractivity contribution < 1.29 is 8.42 Å². The van der Waals surface area contributed by atoms with E-state index in [9.17, 15) is 8.42 Å². The summed E-state index contributed by atoms with van der Waals surface area (Å²) in [5.74, 6) is 0.266. The maximum atomic E-state index is 12.4. The smallest absolute Gasteiger partial charge is 0.179 e. The van der Waals surface area contributed by atoms with Crippen molar-refractivity contribution in [3.63, 3.8) is 0 Å². The van der Waals surface area contributed by atoms with E-state index in [-0.39, 0.29) is 17.2 Å². The largest absolute Gasteiger partial charge is 0.383 e. The second kappa shape index (κ2) is 7.06. The van der Waals surface area contributed by atoms with Crippen LogP contribution in [0.1, 0.15) is 0 Å². The first-order valence-electron chi connectivity index (χ1n) is 8.71. The lowest BCUT2D eigenvalue weighted by atomic mass is 10.1. The molecule has 4 aromatic rings. The Hall–Kier alpha value is -3.23. The maximum Gasteiger partial charge on any atom is 0.179 e. The summed E-state index contributed by atoms with van der Waals surface area (Å²) in [7, 11) is -3.44. The van der Waals surface area contributed by atoms with Crippen molar-refractivity contribution in [3.8, 4) is 16.8 Å². The fraction of sp³-hybridized carbons (Fsp3) is 0.100. The summed E-state index contributed by atoms with van der Waals surface area (Å²) in [6.07, 6.45) is 3.30. The Morgan fingerprint density at radius 2 is 1.79 bits per heavy atom. The number of nitrogens with zero attached hydrogens (tertiary/aromatic N) is 3. The zero-order valence-electron chi connectivity index (χ0n) is 15.0. The van der Waals surface area contributed by atoms with E-state index in [2.05, 4.69) is 9.97 Å². The molecule has 0 aliphatic rings. The van der Waals surface area contributed by atoms with Crippen molar-refractivity contribution in [1.29, 1.82) is 0 Å². The summed E-state index contributed by atoms with van der Waals surface area (Å²) < 4.78 is 26.7. The Bertz CT molecular complexity index is 1250. The molecule has 0 saturated heterocycles. The first kappa shape index (κ1) is 18.1. The third-order valence-electron chi connectivity index (χ3n) is 4.54. The number of sulfone groups is 1. The summed E-state index contributed by atoms with van der Waals surface area (Å²) >= 11 is 0. The van der Waals surface area contributed by atoms with Crippen molar-refractivity contribution in [2.24, 2.45) is 5.73 Å². The minimum atomic E-state index is -3.44. The fourth-order valence-corrected chi connectivity index (χ4v) is 4.35. The summed E-state index contributed by atoms with van der Waals surface area (Å²) in [4.78, 5) is 8.74. The number of nitrogen functional groups attached to an aromatic ring is 1. The molecule has 2 aromatic heterocycles. The average molecular weight is 393 g/mol. The Morgan fingerprint density at radius 3 is 2.54 bits per heavy atom. The quantitative estimate of drug-likeness (QED) is 0.538. The van der Waals surface area contributed by atoms with E-state index in [1.54, 1.807) is 18.2 Å². The van der Waals surface area contributed by atoms with Gasteiger partial charge in [0, 0.05) is 24.0 Å². The number of nitrogens with two attached hydrogens (primary N) is 2. The van der Waals surface area contributed by atoms with Gasteiger partial charge in [0.2, 0.25) is 0 Å². The Morgan fingerprint density at radius 1 is 1.00 bits per heavy atom. The van der Waals surface area contributed by atoms with Crippen molar-refractivity contribution in [3.05, 3.63) is 67.1 Å². The van der Waals surface area contributed by atoms with Crippen molar-refractivity contribution in [2.75, 3.05) is 18.0 Å². The second-order valence-corrected chi connectivity index (χ2v) is 8.45. The van der Waals surface area contributed by atoms with Crippen LogP contribution in [0, 0.1) is 0 Å². The van der Waals surface area contributed by atoms with Gasteiger partial charge in [0.1, 0.15) is 12.1 Å². The van der Waals surface area contributed by atoms with E-state index < -0.39 is 9.84 Å². The molecule has 2 heterocycles. The molecule has 4 rings (SSSR count). The number of fused-ring (bicyclic) bond motifs is 1. The van der Waals surface area contributed by atoms with E-state index in [1.165, 1.54) is 6.33 Å². The highest BCUT2D eigenvalue weighted by molar-refractivity contribution is 7.91. The van der Waals surface area contributed by atoms with Crippen LogP contribution in [0.3, 0.4) is 0 Å². The molecule has 0 atom stereocenters. The number of anilines is 1. The molecule has 0 bridgehead atoms. The SMILES string of the molecule is NCCS(=O)(=O)c1cccc(-n2cc(-c3ccccc3)c3c(N)ncnc32)c1. The first-order valence-corrected chi connectivity index (χ1v) is 10.4. The molecule has 0 radical (unpaired) electrons. The summed E-state index contributed by atoms with van der Waals surface area (Å²) in [6, 6.07) is 16.5. The Labute approximate surface area is 162 Å². The third-order valence-corrected chi connectivity index (χ3v) is 6.28. The lowest BCUT2D eigenvalue weighted by molar-refractivity contribution is 0.596. The molecule has 0 saturated carbocycles. The van der Waals surface area contributed by atoms with E-state index in [0.717, 1.165) is 16.5 Å². The van der Waals surface area contributed by atoms with Crippen LogP contribution in [0.2, 0.25) is 0 Å². The lowest BCUT2D eigenvalue weighted by Gasteiger charge is -2.08. The van der Waals surface area contributed by atoms with Gasteiger partial charge in [-0.1, -0.05) is 36.4 Å². The molecule has 28 heavy (non-hydrogen) atoms. The Kier molecular flexibility index (Phi) is 4.58. The summed E-state index contributed by atoms with van der Waals surface area (Å²) in [6.45, 7) is 0.0704. The normalized spacial score (nSPS) is 11.8. The fourth-order valence-electron chi connectivity index (χ4n) is 3.22. The van der Waals surface area contributed by atoms with Gasteiger partial charge in [-0.25, -0.2) is 18.4 Å².